The highest BCUT2D eigenvalue weighted by atomic mass is 35.5. The predicted octanol–water partition coefficient (Wildman–Crippen LogP) is 0.271. The van der Waals surface area contributed by atoms with Gasteiger partial charge in [0.1, 0.15) is 0 Å². The minimum atomic E-state index is 0. The van der Waals surface area contributed by atoms with Crippen molar-refractivity contribution in [2.45, 2.75) is 12.5 Å². The fourth-order valence-electron chi connectivity index (χ4n) is 2.10. The Bertz CT molecular complexity index is 524. The molecule has 2 aromatic rings. The second kappa shape index (κ2) is 4.38. The van der Waals surface area contributed by atoms with E-state index in [1.165, 1.54) is 0 Å². The molecule has 1 fully saturated rings. The Balaban J connectivity index is 0.00000108. The maximum Gasteiger partial charge on any atom is 0.240 e. The van der Waals surface area contributed by atoms with Crippen LogP contribution in [0.2, 0.25) is 0 Å². The topological polar surface area (TPSA) is 85.5 Å². The van der Waals surface area contributed by atoms with Crippen molar-refractivity contribution in [1.29, 1.82) is 0 Å². The third-order valence-corrected chi connectivity index (χ3v) is 2.92. The number of nitrogens with two attached hydrogens (primary N) is 2. The van der Waals surface area contributed by atoms with Crippen molar-refractivity contribution >= 4 is 29.7 Å². The summed E-state index contributed by atoms with van der Waals surface area (Å²) in [6.45, 7) is 1.90. The van der Waals surface area contributed by atoms with Crippen LogP contribution in [-0.4, -0.2) is 33.7 Å². The molecule has 3 heterocycles. The number of hydrogen-bond donors (Lipinski definition) is 2. The van der Waals surface area contributed by atoms with E-state index in [-0.39, 0.29) is 18.4 Å². The Labute approximate surface area is 105 Å². The maximum absolute atomic E-state index is 5.88. The van der Waals surface area contributed by atoms with Gasteiger partial charge in [-0.05, 0) is 18.6 Å². The van der Waals surface area contributed by atoms with Crippen molar-refractivity contribution in [2.75, 3.05) is 23.7 Å². The predicted molar refractivity (Wildman–Crippen MR) is 69.5 cm³/mol. The lowest BCUT2D eigenvalue weighted by molar-refractivity contribution is 0.752. The zero-order valence-electron chi connectivity index (χ0n) is 9.28. The summed E-state index contributed by atoms with van der Waals surface area (Å²) < 4.78 is 1.70. The Morgan fingerprint density at radius 1 is 1.35 bits per heavy atom. The first-order chi connectivity index (χ1) is 7.72. The van der Waals surface area contributed by atoms with Crippen molar-refractivity contribution in [3.8, 4) is 0 Å². The lowest BCUT2D eigenvalue weighted by atomic mass is 10.3. The molecule has 1 aliphatic rings. The Morgan fingerprint density at radius 2 is 2.18 bits per heavy atom. The van der Waals surface area contributed by atoms with Gasteiger partial charge in [-0.1, -0.05) is 0 Å². The number of nitrogens with zero attached hydrogens (tertiary/aromatic N) is 4. The van der Waals surface area contributed by atoms with Gasteiger partial charge < -0.3 is 16.4 Å². The van der Waals surface area contributed by atoms with E-state index in [0.29, 0.717) is 5.95 Å². The van der Waals surface area contributed by atoms with Crippen molar-refractivity contribution < 1.29 is 0 Å². The van der Waals surface area contributed by atoms with Crippen molar-refractivity contribution in [2.24, 2.45) is 5.73 Å². The van der Waals surface area contributed by atoms with Crippen LogP contribution in [-0.2, 0) is 0 Å². The summed E-state index contributed by atoms with van der Waals surface area (Å²) in [6, 6.07) is 4.22. The highest BCUT2D eigenvalue weighted by Gasteiger charge is 2.19. The van der Waals surface area contributed by atoms with Gasteiger partial charge in [-0.3, -0.25) is 0 Å². The maximum atomic E-state index is 5.88. The molecule has 0 spiro atoms. The van der Waals surface area contributed by atoms with Crippen LogP contribution in [0.1, 0.15) is 6.42 Å². The molecule has 6 nitrogen and oxygen atoms in total. The van der Waals surface area contributed by atoms with Crippen molar-refractivity contribution in [3.05, 3.63) is 18.3 Å². The zero-order chi connectivity index (χ0) is 11.1. The van der Waals surface area contributed by atoms with E-state index in [1.807, 2.05) is 18.3 Å². The average Bonchev–Trinajstić information content (AvgIpc) is 2.81. The molecule has 0 aromatic carbocycles. The first-order valence-corrected chi connectivity index (χ1v) is 5.35. The molecule has 3 rings (SSSR count). The fourth-order valence-corrected chi connectivity index (χ4v) is 2.10. The summed E-state index contributed by atoms with van der Waals surface area (Å²) in [7, 11) is 0. The summed E-state index contributed by atoms with van der Waals surface area (Å²) in [6.07, 6.45) is 2.98. The van der Waals surface area contributed by atoms with Gasteiger partial charge in [-0.25, -0.2) is 4.52 Å². The summed E-state index contributed by atoms with van der Waals surface area (Å²) >= 11 is 0. The summed E-state index contributed by atoms with van der Waals surface area (Å²) in [4.78, 5) is 6.33. The molecule has 92 valence electrons. The number of fused-ring (bicyclic) bond motifs is 1. The summed E-state index contributed by atoms with van der Waals surface area (Å²) in [5, 5.41) is 4.09. The summed E-state index contributed by atoms with van der Waals surface area (Å²) in [5.41, 5.74) is 13.3. The van der Waals surface area contributed by atoms with Gasteiger partial charge in [-0.2, -0.15) is 4.98 Å². The van der Waals surface area contributed by atoms with Gasteiger partial charge in [0.05, 0.1) is 11.9 Å². The fraction of sp³-hybridized carbons (Fsp3) is 0.400. The Kier molecular flexibility index (Phi) is 3.08. The van der Waals surface area contributed by atoms with E-state index in [0.717, 1.165) is 30.8 Å². The molecule has 2 aromatic heterocycles. The molecule has 0 saturated carbocycles. The van der Waals surface area contributed by atoms with Gasteiger partial charge >= 0.3 is 0 Å². The van der Waals surface area contributed by atoms with Crippen molar-refractivity contribution in [1.82, 2.24) is 14.6 Å². The van der Waals surface area contributed by atoms with E-state index >= 15 is 0 Å². The molecular formula is C10H15ClN6. The minimum Gasteiger partial charge on any atom is -0.369 e. The van der Waals surface area contributed by atoms with Gasteiger partial charge in [0.25, 0.3) is 0 Å². The van der Waals surface area contributed by atoms with E-state index in [9.17, 15) is 0 Å². The molecule has 0 aliphatic carbocycles. The van der Waals surface area contributed by atoms with Gasteiger partial charge in [-0.15, -0.1) is 17.5 Å². The second-order valence-corrected chi connectivity index (χ2v) is 4.15. The van der Waals surface area contributed by atoms with E-state index in [4.69, 9.17) is 11.5 Å². The zero-order valence-corrected chi connectivity index (χ0v) is 10.1. The van der Waals surface area contributed by atoms with Crippen LogP contribution >= 0.6 is 12.4 Å². The van der Waals surface area contributed by atoms with E-state index < -0.39 is 0 Å². The lowest BCUT2D eigenvalue weighted by Crippen LogP contribution is -2.26. The normalized spacial score (nSPS) is 19.6. The molecular weight excluding hydrogens is 240 g/mol. The molecule has 17 heavy (non-hydrogen) atoms. The number of rotatable bonds is 1. The third-order valence-electron chi connectivity index (χ3n) is 2.92. The highest BCUT2D eigenvalue weighted by molar-refractivity contribution is 5.85. The smallest absolute Gasteiger partial charge is 0.240 e. The van der Waals surface area contributed by atoms with Gasteiger partial charge in [0.15, 0.2) is 5.65 Å². The first-order valence-electron chi connectivity index (χ1n) is 5.35. The van der Waals surface area contributed by atoms with Gasteiger partial charge in [0, 0.05) is 19.1 Å². The molecule has 1 unspecified atom stereocenters. The molecule has 1 saturated heterocycles. The quantitative estimate of drug-likeness (QED) is 0.763. The minimum absolute atomic E-state index is 0. The third kappa shape index (κ3) is 2.13. The van der Waals surface area contributed by atoms with Crippen molar-refractivity contribution in [3.63, 3.8) is 0 Å². The molecule has 0 amide bonds. The number of aromatic nitrogens is 3. The first kappa shape index (κ1) is 11.9. The van der Waals surface area contributed by atoms with Crippen LogP contribution in [0.4, 0.5) is 11.6 Å². The second-order valence-electron chi connectivity index (χ2n) is 4.15. The van der Waals surface area contributed by atoms with E-state index in [1.54, 1.807) is 4.52 Å². The van der Waals surface area contributed by atoms with Crippen LogP contribution in [0.5, 0.6) is 0 Å². The molecule has 1 aliphatic heterocycles. The van der Waals surface area contributed by atoms with Crippen LogP contribution in [0.15, 0.2) is 18.3 Å². The molecule has 4 N–H and O–H groups in total. The SMILES string of the molecule is Cl.Nc1nc2ccc(N3CCC(N)C3)cn2n1. The van der Waals surface area contributed by atoms with Crippen LogP contribution in [0.3, 0.4) is 0 Å². The standard InChI is InChI=1S/C10H14N6.ClH/c11-7-3-4-15(5-7)8-1-2-9-13-10(12)14-16(9)6-8;/h1-2,6-7H,3-5,11H2,(H2,12,14);1H. The van der Waals surface area contributed by atoms with Crippen LogP contribution < -0.4 is 16.4 Å². The highest BCUT2D eigenvalue weighted by Crippen LogP contribution is 2.20. The Morgan fingerprint density at radius 3 is 2.88 bits per heavy atom. The monoisotopic (exact) mass is 254 g/mol. The number of nitrogen functional groups attached to an aromatic ring is 1. The number of halogens is 1. The lowest BCUT2D eigenvalue weighted by Gasteiger charge is -2.17. The van der Waals surface area contributed by atoms with Gasteiger partial charge in [0.2, 0.25) is 5.95 Å². The van der Waals surface area contributed by atoms with Crippen LogP contribution in [0, 0.1) is 0 Å². The van der Waals surface area contributed by atoms with Crippen LogP contribution in [0.25, 0.3) is 5.65 Å². The Hall–Kier alpha value is -1.53. The average molecular weight is 255 g/mol. The molecule has 0 bridgehead atoms. The number of pyridine rings is 1. The summed E-state index contributed by atoms with van der Waals surface area (Å²) in [5.74, 6) is 0.301. The number of anilines is 2. The van der Waals surface area contributed by atoms with E-state index in [2.05, 4.69) is 15.0 Å². The number of hydrogen-bond acceptors (Lipinski definition) is 5. The molecule has 1 atom stereocenters. The largest absolute Gasteiger partial charge is 0.369 e. The molecule has 7 heteroatoms. The molecule has 0 radical (unpaired) electrons.